The Kier molecular flexibility index (Phi) is 62.4. The Morgan fingerprint density at radius 2 is 0.409 bits per heavy atom. The molecule has 3 rings (SSSR count). The number of ether oxygens (including phenoxy) is 5. The Labute approximate surface area is 798 Å². The molecule has 0 aromatic heterocycles. The lowest BCUT2D eigenvalue weighted by molar-refractivity contribution is -0.288. The van der Waals surface area contributed by atoms with Crippen LogP contribution in [-0.2, 0) is 23.7 Å². The number of hydrogen-bond donors (Lipinski definition) is 2. The highest BCUT2D eigenvalue weighted by Gasteiger charge is 2.56. The Morgan fingerprint density at radius 1 is 0.236 bits per heavy atom. The second-order valence-electron chi connectivity index (χ2n) is 51.4. The quantitative estimate of drug-likeness (QED) is 0.0627. The van der Waals surface area contributed by atoms with Gasteiger partial charge in [-0.25, -0.2) is 0 Å². The number of hydrogen-bond acceptors (Lipinski definition) is 7. The summed E-state index contributed by atoms with van der Waals surface area (Å²) in [6.45, 7) is 73.0. The first-order valence-corrected chi connectivity index (χ1v) is 57.6. The summed E-state index contributed by atoms with van der Waals surface area (Å²) in [7, 11) is 0. The fourth-order valence-corrected chi connectivity index (χ4v) is 23.8. The third kappa shape index (κ3) is 53.5. The molecule has 127 heavy (non-hydrogen) atoms. The van der Waals surface area contributed by atoms with E-state index in [-0.39, 0.29) is 30.5 Å². The van der Waals surface area contributed by atoms with Gasteiger partial charge >= 0.3 is 0 Å². The zero-order valence-electron chi connectivity index (χ0n) is 92.2. The molecule has 0 aliphatic carbocycles. The summed E-state index contributed by atoms with van der Waals surface area (Å²) in [6.07, 6.45) is 70.9. The maximum absolute atomic E-state index is 12.8. The van der Waals surface area contributed by atoms with Crippen molar-refractivity contribution in [3.8, 4) is 0 Å². The van der Waals surface area contributed by atoms with Crippen LogP contribution in [0.15, 0.2) is 0 Å². The summed E-state index contributed by atoms with van der Waals surface area (Å²) < 4.78 is 40.5. The van der Waals surface area contributed by atoms with E-state index in [1.54, 1.807) is 0 Å². The largest absolute Gasteiger partial charge is 0.390 e. The van der Waals surface area contributed by atoms with Gasteiger partial charge in [0.05, 0.1) is 70.2 Å². The molecule has 2 N–H and O–H groups in total. The monoisotopic (exact) mass is 1790 g/mol. The van der Waals surface area contributed by atoms with Crippen LogP contribution in [0.2, 0.25) is 0 Å². The van der Waals surface area contributed by atoms with Gasteiger partial charge in [0.1, 0.15) is 0 Å². The number of aliphatic hydroxyl groups excluding tert-OH is 1. The van der Waals surface area contributed by atoms with Gasteiger partial charge in [-0.15, -0.1) is 0 Å². The molecule has 24 atom stereocenters. The average molecular weight is 1790 g/mol. The van der Waals surface area contributed by atoms with Gasteiger partial charge in [-0.3, -0.25) is 0 Å². The van der Waals surface area contributed by atoms with E-state index >= 15 is 0 Å². The van der Waals surface area contributed by atoms with Crippen molar-refractivity contribution in [3.63, 3.8) is 0 Å². The second kappa shape index (κ2) is 65.6. The first-order chi connectivity index (χ1) is 59.8. The fraction of sp³-hybridized carbons (Fsp3) is 1.00. The van der Waals surface area contributed by atoms with Gasteiger partial charge in [0.2, 0.25) is 0 Å². The Hall–Kier alpha value is -0.280. The summed E-state index contributed by atoms with van der Waals surface area (Å²) in [5.41, 5.74) is -3.97. The van der Waals surface area contributed by atoms with E-state index in [4.69, 9.17) is 23.7 Å². The molecule has 0 unspecified atom stereocenters. The molecular weight excluding hydrogens is 1550 g/mol. The molecule has 3 saturated heterocycles. The van der Waals surface area contributed by atoms with E-state index in [2.05, 4.69) is 208 Å². The Balaban J connectivity index is 2.21. The predicted molar refractivity (Wildman–Crippen MR) is 559 cm³/mol. The topological polar surface area (TPSA) is 86.6 Å². The molecule has 3 aliphatic rings. The van der Waals surface area contributed by atoms with Crippen molar-refractivity contribution in [2.75, 3.05) is 0 Å². The van der Waals surface area contributed by atoms with Gasteiger partial charge in [-0.1, -0.05) is 474 Å². The van der Waals surface area contributed by atoms with Crippen molar-refractivity contribution in [2.24, 2.45) is 107 Å². The molecule has 758 valence electrons. The van der Waals surface area contributed by atoms with Gasteiger partial charge < -0.3 is 33.9 Å². The minimum atomic E-state index is -0.913. The van der Waals surface area contributed by atoms with Crippen LogP contribution in [0, 0.1) is 107 Å². The third-order valence-electron chi connectivity index (χ3n) is 33.7. The zero-order chi connectivity index (χ0) is 94.8. The van der Waals surface area contributed by atoms with Crippen LogP contribution in [0.4, 0.5) is 0 Å². The van der Waals surface area contributed by atoms with Crippen molar-refractivity contribution in [3.05, 3.63) is 0 Å². The maximum Gasteiger partial charge on any atom is 0.0924 e. The highest BCUT2D eigenvalue weighted by Crippen LogP contribution is 2.51. The Morgan fingerprint density at radius 3 is 0.638 bits per heavy atom. The van der Waals surface area contributed by atoms with Crippen molar-refractivity contribution < 1.29 is 33.9 Å². The standard InChI is InChI=1S/C120H236O7/c1-91(2)49-31-55-97(13)61-37-67-103(19)73-43-85-115(25,122)110-81-82-111(123-110)117(27,87-45-75-105(21)69-39-63-99(15)57-33-51-93(5)6)126-118(28,88-46-76-106(22)70-40-64-100(16)58-34-52-94(7)8)112-83-84-113(124-112)119(29,89-47-77-107(23)71-41-65-101(17)59-35-53-95(9)10)127-120(30,90-48-78-108(24)72-42-66-102(18)60-36-54-96(11)12)114-80-79-109(121)116(26,125-114)86-44-74-104(20)68-38-62-98(14)56-32-50-92(3)4/h91-114,121-122H,31-90H2,1-30H3/t97-,98-,99-,100-,101-,102-,103-,104-,105-,106-,107-,108-,109+,110-,111-,112-,113-,114+,115+,116+,117+,118+,119+,120+/m1/s1. The number of aliphatic hydroxyl groups is 2. The maximum atomic E-state index is 12.8. The van der Waals surface area contributed by atoms with Crippen molar-refractivity contribution >= 4 is 0 Å². The van der Waals surface area contributed by atoms with Crippen LogP contribution in [0.3, 0.4) is 0 Å². The molecular formula is C120H236O7. The van der Waals surface area contributed by atoms with Gasteiger partial charge in [-0.2, -0.15) is 0 Å². The normalized spacial score (nSPS) is 24.5. The minimum Gasteiger partial charge on any atom is -0.390 e. The molecule has 0 saturated carbocycles. The minimum absolute atomic E-state index is 0.130. The highest BCUT2D eigenvalue weighted by molar-refractivity contribution is 5.05. The highest BCUT2D eigenvalue weighted by atomic mass is 16.6. The molecule has 3 aliphatic heterocycles. The molecule has 0 bridgehead atoms. The lowest BCUT2D eigenvalue weighted by Crippen LogP contribution is -2.60. The molecule has 7 nitrogen and oxygen atoms in total. The van der Waals surface area contributed by atoms with Crippen LogP contribution >= 0.6 is 0 Å². The van der Waals surface area contributed by atoms with Crippen molar-refractivity contribution in [1.82, 2.24) is 0 Å². The fourth-order valence-electron chi connectivity index (χ4n) is 23.8. The van der Waals surface area contributed by atoms with E-state index in [9.17, 15) is 10.2 Å². The van der Waals surface area contributed by atoms with E-state index < -0.39 is 39.7 Å². The third-order valence-corrected chi connectivity index (χ3v) is 33.7. The van der Waals surface area contributed by atoms with Gasteiger partial charge in [-0.05, 0) is 225 Å². The predicted octanol–water partition coefficient (Wildman–Crippen LogP) is 37.8. The summed E-state index contributed by atoms with van der Waals surface area (Å²) in [4.78, 5) is 0. The van der Waals surface area contributed by atoms with Gasteiger partial charge in [0, 0.05) is 0 Å². The van der Waals surface area contributed by atoms with Crippen LogP contribution in [0.5, 0.6) is 0 Å². The van der Waals surface area contributed by atoms with Crippen molar-refractivity contribution in [2.45, 2.75) is 663 Å². The van der Waals surface area contributed by atoms with E-state index in [0.717, 1.165) is 193 Å². The average Bonchev–Trinajstić information content (AvgIpc) is 1.75. The van der Waals surface area contributed by atoms with Crippen LogP contribution in [0.1, 0.15) is 593 Å². The molecule has 0 spiro atoms. The zero-order valence-corrected chi connectivity index (χ0v) is 92.2. The number of rotatable bonds is 81. The van der Waals surface area contributed by atoms with Crippen LogP contribution in [-0.4, -0.2) is 80.4 Å². The summed E-state index contributed by atoms with van der Waals surface area (Å²) in [5, 5.41) is 25.2. The molecule has 3 heterocycles. The molecule has 3 fully saturated rings. The van der Waals surface area contributed by atoms with Crippen LogP contribution < -0.4 is 0 Å². The first-order valence-electron chi connectivity index (χ1n) is 57.6. The summed E-state index contributed by atoms with van der Waals surface area (Å²) in [5.74, 6) is 13.4. The molecule has 0 aromatic rings. The first kappa shape index (κ1) is 121. The second-order valence-corrected chi connectivity index (χ2v) is 51.4. The van der Waals surface area contributed by atoms with Crippen LogP contribution in [0.25, 0.3) is 0 Å². The van der Waals surface area contributed by atoms with Gasteiger partial charge in [0.25, 0.3) is 0 Å². The lowest BCUT2D eigenvalue weighted by atomic mass is 9.78. The lowest BCUT2D eigenvalue weighted by Gasteiger charge is -2.52. The molecule has 0 aromatic carbocycles. The van der Waals surface area contributed by atoms with E-state index in [1.807, 2.05) is 0 Å². The summed E-state index contributed by atoms with van der Waals surface area (Å²) in [6, 6.07) is 0. The SMILES string of the molecule is CC(C)CCC[C@@H](C)CCC[C@@H](C)CCC[C@](C)(O)[C@H]1CC[C@H]([C@](C)(CCC[C@H](C)CCC[C@H](C)CCCC(C)C)O[C@@](C)(CCC[C@H](C)CCC[C@H](C)CCCC(C)C)[C@H]2CC[C@H]([C@](C)(CCC[C@H](C)CCC[C@H](C)CCCC(C)C)O[C@@](C)(CCC[C@H](C)CCC[C@H](C)CCCC(C)C)[C@@H]3CC[C@H](O)[C@](C)(CCC[C@H](C)CCC[C@H](C)CCCC(C)C)O3)O2)O1. The van der Waals surface area contributed by atoms with Gasteiger partial charge in [0.15, 0.2) is 0 Å². The molecule has 0 radical (unpaired) electrons. The van der Waals surface area contributed by atoms with E-state index in [0.29, 0.717) is 35.5 Å². The smallest absolute Gasteiger partial charge is 0.0924 e. The van der Waals surface area contributed by atoms with E-state index in [1.165, 1.54) is 263 Å². The van der Waals surface area contributed by atoms with Crippen molar-refractivity contribution in [1.29, 1.82) is 0 Å². The Bertz CT molecular complexity index is 2600. The molecule has 0 amide bonds. The molecule has 7 heteroatoms. The summed E-state index contributed by atoms with van der Waals surface area (Å²) >= 11 is 0.